The smallest absolute Gasteiger partial charge is 0.408 e. The molecule has 1 amide bonds. The van der Waals surface area contributed by atoms with Gasteiger partial charge in [-0.25, -0.2) is 9.18 Å². The third kappa shape index (κ3) is 4.08. The van der Waals surface area contributed by atoms with E-state index in [4.69, 9.17) is 4.74 Å². The molecule has 1 aromatic carbocycles. The molecule has 0 bridgehead atoms. The molecule has 0 fully saturated rings. The Morgan fingerprint density at radius 1 is 1.38 bits per heavy atom. The standard InChI is InChI=1S/C19H27FN2O2/c1-14-11-22(15(2)16-9-7-6-8-10-16)13-19(14,12-20)21-17(23)24-18(3,4)5/h6-11,15H,12-13H2,1-5H3,(H,21,23)/t15-,19-/m1/s1. The van der Waals surface area contributed by atoms with Crippen molar-refractivity contribution in [1.82, 2.24) is 10.2 Å². The fourth-order valence-corrected chi connectivity index (χ4v) is 2.84. The van der Waals surface area contributed by atoms with Gasteiger partial charge in [0.1, 0.15) is 17.8 Å². The van der Waals surface area contributed by atoms with E-state index in [1.54, 1.807) is 20.8 Å². The van der Waals surface area contributed by atoms with Gasteiger partial charge in [-0.2, -0.15) is 0 Å². The summed E-state index contributed by atoms with van der Waals surface area (Å²) in [5.41, 5.74) is 0.285. The average molecular weight is 334 g/mol. The molecule has 0 unspecified atom stereocenters. The predicted octanol–water partition coefficient (Wildman–Crippen LogP) is 4.20. The summed E-state index contributed by atoms with van der Waals surface area (Å²) in [4.78, 5) is 14.2. The van der Waals surface area contributed by atoms with Gasteiger partial charge in [0.15, 0.2) is 0 Å². The first-order chi connectivity index (χ1) is 11.2. The molecule has 1 N–H and O–H groups in total. The van der Waals surface area contributed by atoms with E-state index in [0.29, 0.717) is 6.54 Å². The Hall–Kier alpha value is -2.04. The summed E-state index contributed by atoms with van der Waals surface area (Å²) >= 11 is 0. The van der Waals surface area contributed by atoms with Crippen molar-refractivity contribution < 1.29 is 13.9 Å². The van der Waals surface area contributed by atoms with Gasteiger partial charge in [0.25, 0.3) is 0 Å². The third-order valence-electron chi connectivity index (χ3n) is 4.31. The van der Waals surface area contributed by atoms with Crippen LogP contribution in [0.4, 0.5) is 9.18 Å². The second-order valence-corrected chi connectivity index (χ2v) is 7.41. The van der Waals surface area contributed by atoms with E-state index >= 15 is 0 Å². The molecule has 0 aromatic heterocycles. The number of rotatable bonds is 4. The maximum absolute atomic E-state index is 13.9. The van der Waals surface area contributed by atoms with Gasteiger partial charge in [0.05, 0.1) is 6.04 Å². The van der Waals surface area contributed by atoms with E-state index in [0.717, 1.165) is 11.1 Å². The highest BCUT2D eigenvalue weighted by Crippen LogP contribution is 2.33. The summed E-state index contributed by atoms with van der Waals surface area (Å²) in [5.74, 6) is 0. The molecule has 1 heterocycles. The summed E-state index contributed by atoms with van der Waals surface area (Å²) in [6.45, 7) is 8.98. The Balaban J connectivity index is 2.13. The summed E-state index contributed by atoms with van der Waals surface area (Å²) in [6.07, 6.45) is 1.33. The topological polar surface area (TPSA) is 41.6 Å². The first-order valence-corrected chi connectivity index (χ1v) is 8.23. The number of nitrogens with zero attached hydrogens (tertiary/aromatic N) is 1. The zero-order valence-corrected chi connectivity index (χ0v) is 15.1. The zero-order valence-electron chi connectivity index (χ0n) is 15.1. The van der Waals surface area contributed by atoms with E-state index in [1.807, 2.05) is 43.5 Å². The van der Waals surface area contributed by atoms with Crippen LogP contribution in [0.15, 0.2) is 42.1 Å². The van der Waals surface area contributed by atoms with Crippen LogP contribution < -0.4 is 5.32 Å². The van der Waals surface area contributed by atoms with Crippen LogP contribution in [0.2, 0.25) is 0 Å². The summed E-state index contributed by atoms with van der Waals surface area (Å²) in [6, 6.07) is 10.1. The second kappa shape index (κ2) is 6.83. The van der Waals surface area contributed by atoms with Gasteiger partial charge in [-0.05, 0) is 45.8 Å². The van der Waals surface area contributed by atoms with Gasteiger partial charge in [0.2, 0.25) is 0 Å². The minimum absolute atomic E-state index is 0.0926. The SMILES string of the molecule is CC1=CN([C@H](C)c2ccccc2)C[C@@]1(CF)NC(=O)OC(C)(C)C. The van der Waals surface area contributed by atoms with Gasteiger partial charge in [-0.15, -0.1) is 0 Å². The highest BCUT2D eigenvalue weighted by molar-refractivity contribution is 5.70. The van der Waals surface area contributed by atoms with Crippen molar-refractivity contribution in [3.05, 3.63) is 47.7 Å². The van der Waals surface area contributed by atoms with Crippen molar-refractivity contribution in [2.45, 2.75) is 51.8 Å². The maximum Gasteiger partial charge on any atom is 0.408 e. The predicted molar refractivity (Wildman–Crippen MR) is 93.4 cm³/mol. The fourth-order valence-electron chi connectivity index (χ4n) is 2.84. The van der Waals surface area contributed by atoms with Gasteiger partial charge < -0.3 is 15.0 Å². The summed E-state index contributed by atoms with van der Waals surface area (Å²) in [5, 5.41) is 2.74. The molecule has 0 saturated heterocycles. The third-order valence-corrected chi connectivity index (χ3v) is 4.31. The van der Waals surface area contributed by atoms with E-state index in [-0.39, 0.29) is 6.04 Å². The first-order valence-electron chi connectivity index (χ1n) is 8.23. The van der Waals surface area contributed by atoms with Gasteiger partial charge in [-0.3, -0.25) is 0 Å². The molecular formula is C19H27FN2O2. The number of benzene rings is 1. The van der Waals surface area contributed by atoms with Crippen LogP contribution in [0.25, 0.3) is 0 Å². The largest absolute Gasteiger partial charge is 0.444 e. The molecule has 5 heteroatoms. The number of alkyl carbamates (subject to hydrolysis) is 1. The molecule has 0 spiro atoms. The van der Waals surface area contributed by atoms with Crippen LogP contribution in [0.3, 0.4) is 0 Å². The van der Waals surface area contributed by atoms with Gasteiger partial charge in [0, 0.05) is 12.7 Å². The Bertz CT molecular complexity index is 610. The molecule has 0 saturated carbocycles. The molecule has 1 aliphatic heterocycles. The second-order valence-electron chi connectivity index (χ2n) is 7.41. The van der Waals surface area contributed by atoms with Crippen LogP contribution in [0.5, 0.6) is 0 Å². The number of carbonyl (C=O) groups is 1. The lowest BCUT2D eigenvalue weighted by molar-refractivity contribution is 0.0447. The van der Waals surface area contributed by atoms with Crippen molar-refractivity contribution in [3.63, 3.8) is 0 Å². The average Bonchev–Trinajstić information content (AvgIpc) is 2.82. The number of alkyl halides is 1. The molecule has 2 rings (SSSR count). The number of halogens is 1. The monoisotopic (exact) mass is 334 g/mol. The Morgan fingerprint density at radius 2 is 2.00 bits per heavy atom. The quantitative estimate of drug-likeness (QED) is 0.897. The van der Waals surface area contributed by atoms with E-state index in [1.165, 1.54) is 0 Å². The van der Waals surface area contributed by atoms with Crippen molar-refractivity contribution in [2.75, 3.05) is 13.2 Å². The fraction of sp³-hybridized carbons (Fsp3) is 0.526. The molecule has 1 aliphatic rings. The minimum Gasteiger partial charge on any atom is -0.444 e. The Kier molecular flexibility index (Phi) is 5.21. The number of hydrogen-bond donors (Lipinski definition) is 1. The highest BCUT2D eigenvalue weighted by atomic mass is 19.1. The molecular weight excluding hydrogens is 307 g/mol. The molecule has 4 nitrogen and oxygen atoms in total. The van der Waals surface area contributed by atoms with Crippen molar-refractivity contribution in [3.8, 4) is 0 Å². The van der Waals surface area contributed by atoms with Crippen molar-refractivity contribution >= 4 is 6.09 Å². The molecule has 132 valence electrons. The summed E-state index contributed by atoms with van der Waals surface area (Å²) in [7, 11) is 0. The molecule has 0 radical (unpaired) electrons. The lowest BCUT2D eigenvalue weighted by atomic mass is 9.95. The van der Waals surface area contributed by atoms with Crippen LogP contribution in [-0.4, -0.2) is 35.4 Å². The lowest BCUT2D eigenvalue weighted by Gasteiger charge is -2.33. The van der Waals surface area contributed by atoms with Gasteiger partial charge in [-0.1, -0.05) is 30.3 Å². The van der Waals surface area contributed by atoms with Crippen LogP contribution >= 0.6 is 0 Å². The molecule has 1 aromatic rings. The maximum atomic E-state index is 13.9. The van der Waals surface area contributed by atoms with Crippen molar-refractivity contribution in [1.29, 1.82) is 0 Å². The number of carbonyl (C=O) groups excluding carboxylic acids is 1. The zero-order chi connectivity index (χ0) is 18.0. The van der Waals surface area contributed by atoms with Crippen LogP contribution in [0, 0.1) is 0 Å². The van der Waals surface area contributed by atoms with E-state index in [9.17, 15) is 9.18 Å². The minimum atomic E-state index is -1.04. The Morgan fingerprint density at radius 3 is 2.54 bits per heavy atom. The highest BCUT2D eigenvalue weighted by Gasteiger charge is 2.42. The molecule has 0 aliphatic carbocycles. The summed E-state index contributed by atoms with van der Waals surface area (Å²) < 4.78 is 19.2. The van der Waals surface area contributed by atoms with Crippen LogP contribution in [0.1, 0.15) is 46.2 Å². The number of amides is 1. The number of hydrogen-bond acceptors (Lipinski definition) is 3. The van der Waals surface area contributed by atoms with Crippen molar-refractivity contribution in [2.24, 2.45) is 0 Å². The van der Waals surface area contributed by atoms with E-state index < -0.39 is 23.9 Å². The lowest BCUT2D eigenvalue weighted by Crippen LogP contribution is -2.55. The van der Waals surface area contributed by atoms with E-state index in [2.05, 4.69) is 17.1 Å². The normalized spacial score (nSPS) is 22.1. The van der Waals surface area contributed by atoms with Crippen LogP contribution in [-0.2, 0) is 4.74 Å². The molecule has 2 atom stereocenters. The number of nitrogens with one attached hydrogen (secondary N) is 1. The first kappa shape index (κ1) is 18.3. The molecule has 24 heavy (non-hydrogen) atoms. The number of ether oxygens (including phenoxy) is 1. The van der Waals surface area contributed by atoms with Gasteiger partial charge >= 0.3 is 6.09 Å². The Labute approximate surface area is 143 Å².